The predicted molar refractivity (Wildman–Crippen MR) is 81.4 cm³/mol. The van der Waals surface area contributed by atoms with Crippen LogP contribution in [-0.2, 0) is 9.59 Å². The number of rotatable bonds is 10. The van der Waals surface area contributed by atoms with E-state index in [0.717, 1.165) is 12.8 Å². The van der Waals surface area contributed by atoms with Crippen molar-refractivity contribution in [1.82, 2.24) is 16.0 Å². The molecule has 122 valence electrons. The van der Waals surface area contributed by atoms with Gasteiger partial charge in [-0.05, 0) is 24.7 Å². The zero-order chi connectivity index (χ0) is 16.4. The Hall–Kier alpha value is -1.79. The molecule has 2 unspecified atom stereocenters. The van der Waals surface area contributed by atoms with Gasteiger partial charge in [-0.15, -0.1) is 0 Å². The number of amides is 4. The summed E-state index contributed by atoms with van der Waals surface area (Å²) in [7, 11) is 0. The van der Waals surface area contributed by atoms with Crippen molar-refractivity contribution < 1.29 is 14.4 Å². The summed E-state index contributed by atoms with van der Waals surface area (Å²) in [5.74, 6) is 0.0878. The molecule has 0 saturated heterocycles. The molecule has 4 amide bonds. The van der Waals surface area contributed by atoms with Crippen LogP contribution in [-0.4, -0.2) is 37.0 Å². The van der Waals surface area contributed by atoms with Gasteiger partial charge < -0.3 is 21.7 Å². The molecule has 0 aliphatic carbocycles. The molecule has 0 bridgehead atoms. The number of nitrogens with one attached hydrogen (secondary N) is 3. The fraction of sp³-hybridized carbons (Fsp3) is 0.786. The van der Waals surface area contributed by atoms with Crippen LogP contribution in [0.5, 0.6) is 0 Å². The third kappa shape index (κ3) is 8.16. The average Bonchev–Trinajstić information content (AvgIpc) is 2.38. The first kappa shape index (κ1) is 19.2. The van der Waals surface area contributed by atoms with Gasteiger partial charge in [-0.25, -0.2) is 4.79 Å². The van der Waals surface area contributed by atoms with E-state index in [1.54, 1.807) is 0 Å². The van der Waals surface area contributed by atoms with Gasteiger partial charge in [0.1, 0.15) is 6.04 Å². The van der Waals surface area contributed by atoms with Gasteiger partial charge in [-0.2, -0.15) is 0 Å². The summed E-state index contributed by atoms with van der Waals surface area (Å²) in [6.07, 6.45) is 2.00. The highest BCUT2D eigenvalue weighted by atomic mass is 16.2. The highest BCUT2D eigenvalue weighted by Gasteiger charge is 2.24. The minimum atomic E-state index is -0.546. The lowest BCUT2D eigenvalue weighted by Crippen LogP contribution is -2.51. The van der Waals surface area contributed by atoms with E-state index < -0.39 is 12.1 Å². The number of hydrogen-bond donors (Lipinski definition) is 4. The number of nitrogens with two attached hydrogens (primary N) is 1. The van der Waals surface area contributed by atoms with Crippen LogP contribution in [0.2, 0.25) is 0 Å². The molecule has 0 saturated carbocycles. The summed E-state index contributed by atoms with van der Waals surface area (Å²) < 4.78 is 0. The Morgan fingerprint density at radius 1 is 1.14 bits per heavy atom. The summed E-state index contributed by atoms with van der Waals surface area (Å²) in [6, 6.07) is -1.09. The number of primary amides is 1. The summed E-state index contributed by atoms with van der Waals surface area (Å²) >= 11 is 0. The first-order valence-corrected chi connectivity index (χ1v) is 7.33. The van der Waals surface area contributed by atoms with E-state index in [0.29, 0.717) is 13.0 Å². The van der Waals surface area contributed by atoms with E-state index in [1.807, 2.05) is 27.7 Å². The Bertz CT molecular complexity index is 345. The molecule has 2 atom stereocenters. The number of carbonyl (C=O) groups is 3. The molecule has 0 heterocycles. The first-order chi connectivity index (χ1) is 9.79. The van der Waals surface area contributed by atoms with Crippen LogP contribution >= 0.6 is 0 Å². The third-order valence-electron chi connectivity index (χ3n) is 3.32. The largest absolute Gasteiger partial charge is 0.352 e. The third-order valence-corrected chi connectivity index (χ3v) is 3.32. The molecular weight excluding hydrogens is 272 g/mol. The van der Waals surface area contributed by atoms with Crippen molar-refractivity contribution in [2.75, 3.05) is 6.54 Å². The van der Waals surface area contributed by atoms with Gasteiger partial charge in [-0.1, -0.05) is 27.7 Å². The highest BCUT2D eigenvalue weighted by molar-refractivity contribution is 5.84. The average molecular weight is 300 g/mol. The van der Waals surface area contributed by atoms with Crippen molar-refractivity contribution >= 4 is 18.3 Å². The number of carbonyl (C=O) groups excluding carboxylic acids is 3. The van der Waals surface area contributed by atoms with Gasteiger partial charge in [0.05, 0.1) is 0 Å². The molecule has 7 heteroatoms. The monoisotopic (exact) mass is 300 g/mol. The Kier molecular flexibility index (Phi) is 9.16. The molecule has 0 aromatic heterocycles. The molecule has 0 aromatic rings. The normalized spacial score (nSPS) is 13.6. The second-order valence-corrected chi connectivity index (χ2v) is 5.80. The van der Waals surface area contributed by atoms with Crippen molar-refractivity contribution in [3.8, 4) is 0 Å². The molecule has 0 aromatic carbocycles. The van der Waals surface area contributed by atoms with Gasteiger partial charge in [0, 0.05) is 12.6 Å². The highest BCUT2D eigenvalue weighted by Crippen LogP contribution is 2.10. The summed E-state index contributed by atoms with van der Waals surface area (Å²) in [5.41, 5.74) is 5.00. The second kappa shape index (κ2) is 10.0. The van der Waals surface area contributed by atoms with Crippen LogP contribution in [0, 0.1) is 11.8 Å². The van der Waals surface area contributed by atoms with Crippen LogP contribution in [0.1, 0.15) is 40.5 Å². The minimum Gasteiger partial charge on any atom is -0.352 e. The summed E-state index contributed by atoms with van der Waals surface area (Å²) in [6.45, 7) is 8.27. The summed E-state index contributed by atoms with van der Waals surface area (Å²) in [4.78, 5) is 33.4. The topological polar surface area (TPSA) is 113 Å². The Morgan fingerprint density at radius 2 is 1.76 bits per heavy atom. The van der Waals surface area contributed by atoms with Crippen LogP contribution < -0.4 is 21.7 Å². The molecule has 0 aliphatic heterocycles. The van der Waals surface area contributed by atoms with E-state index in [9.17, 15) is 14.4 Å². The molecular formula is C14H28N4O3. The number of hydrogen-bond acceptors (Lipinski definition) is 3. The second-order valence-electron chi connectivity index (χ2n) is 5.80. The molecule has 0 rings (SSSR count). The van der Waals surface area contributed by atoms with E-state index in [4.69, 9.17) is 5.73 Å². The lowest BCUT2D eigenvalue weighted by molar-refractivity contribution is -0.127. The molecule has 21 heavy (non-hydrogen) atoms. The van der Waals surface area contributed by atoms with Gasteiger partial charge >= 0.3 is 6.03 Å². The van der Waals surface area contributed by atoms with E-state index in [-0.39, 0.29) is 23.8 Å². The molecule has 0 radical (unpaired) electrons. The van der Waals surface area contributed by atoms with E-state index >= 15 is 0 Å². The predicted octanol–water partition coefficient (Wildman–Crippen LogP) is 0.346. The van der Waals surface area contributed by atoms with Crippen LogP contribution in [0.15, 0.2) is 0 Å². The molecule has 7 nitrogen and oxygen atoms in total. The zero-order valence-electron chi connectivity index (χ0n) is 13.3. The Labute approximate surface area is 126 Å². The SMILES string of the molecule is CC(C)C(CCCNC(N)=O)NC(=O)C(NC=O)C(C)C. The maximum atomic E-state index is 12.2. The number of urea groups is 1. The maximum absolute atomic E-state index is 12.2. The Morgan fingerprint density at radius 3 is 2.19 bits per heavy atom. The molecule has 0 spiro atoms. The van der Waals surface area contributed by atoms with Gasteiger partial charge in [-0.3, -0.25) is 9.59 Å². The van der Waals surface area contributed by atoms with Crippen molar-refractivity contribution in [3.05, 3.63) is 0 Å². The minimum absolute atomic E-state index is 0.0121. The van der Waals surface area contributed by atoms with Crippen LogP contribution in [0.4, 0.5) is 4.79 Å². The van der Waals surface area contributed by atoms with Gasteiger partial charge in [0.15, 0.2) is 0 Å². The summed E-state index contributed by atoms with van der Waals surface area (Å²) in [5, 5.41) is 8.03. The fourth-order valence-corrected chi connectivity index (χ4v) is 2.02. The standard InChI is InChI=1S/C14H28N4O3/c1-9(2)11(6-5-7-16-14(15)21)18-13(20)12(10(3)4)17-8-19/h8-12H,5-7H2,1-4H3,(H,17,19)(H,18,20)(H3,15,16,21). The smallest absolute Gasteiger partial charge is 0.312 e. The zero-order valence-corrected chi connectivity index (χ0v) is 13.3. The molecule has 5 N–H and O–H groups in total. The first-order valence-electron chi connectivity index (χ1n) is 7.33. The van der Waals surface area contributed by atoms with E-state index in [2.05, 4.69) is 16.0 Å². The lowest BCUT2D eigenvalue weighted by atomic mass is 9.97. The lowest BCUT2D eigenvalue weighted by Gasteiger charge is -2.26. The van der Waals surface area contributed by atoms with Crippen molar-refractivity contribution in [2.24, 2.45) is 17.6 Å². The van der Waals surface area contributed by atoms with Crippen molar-refractivity contribution in [1.29, 1.82) is 0 Å². The molecule has 0 fully saturated rings. The molecule has 0 aliphatic rings. The maximum Gasteiger partial charge on any atom is 0.312 e. The van der Waals surface area contributed by atoms with E-state index in [1.165, 1.54) is 0 Å². The fourth-order valence-electron chi connectivity index (χ4n) is 2.02. The van der Waals surface area contributed by atoms with Crippen LogP contribution in [0.3, 0.4) is 0 Å². The quantitative estimate of drug-likeness (QED) is 0.345. The van der Waals surface area contributed by atoms with Gasteiger partial charge in [0.25, 0.3) is 0 Å². The van der Waals surface area contributed by atoms with Crippen molar-refractivity contribution in [3.63, 3.8) is 0 Å². The van der Waals surface area contributed by atoms with Gasteiger partial charge in [0.2, 0.25) is 12.3 Å². The van der Waals surface area contributed by atoms with Crippen molar-refractivity contribution in [2.45, 2.75) is 52.6 Å². The van der Waals surface area contributed by atoms with Crippen LogP contribution in [0.25, 0.3) is 0 Å². The Balaban J connectivity index is 4.43.